The molecule has 170 valence electrons. The molecule has 4 rings (SSSR count). The highest BCUT2D eigenvalue weighted by molar-refractivity contribution is 6.35. The van der Waals surface area contributed by atoms with Gasteiger partial charge in [-0.2, -0.15) is 9.78 Å². The largest absolute Gasteiger partial charge is 0.455 e. The topological polar surface area (TPSA) is 149 Å². The molecule has 1 fully saturated rings. The first-order chi connectivity index (χ1) is 15.2. The Balaban J connectivity index is 1.82. The van der Waals surface area contributed by atoms with E-state index in [4.69, 9.17) is 37.4 Å². The Kier molecular flexibility index (Phi) is 5.97. The summed E-state index contributed by atoms with van der Waals surface area (Å²) < 4.78 is 18.6. The molecule has 4 unspecified atom stereocenters. The Morgan fingerprint density at radius 3 is 2.44 bits per heavy atom. The fraction of sp³-hybridized carbons (Fsp3) is 0.529. The smallest absolute Gasteiger partial charge is 0.303 e. The SMILES string of the molecule is CC(=O)OC1C(c2nnn(C(C)C)n2)OC(n2cnc3c(Cl)nc(Cl)nc32)C1OC(C)=O. The van der Waals surface area contributed by atoms with Crippen LogP contribution in [-0.4, -0.2) is 63.9 Å². The monoisotopic (exact) mass is 484 g/mol. The summed E-state index contributed by atoms with van der Waals surface area (Å²) in [6.07, 6.45) is -2.79. The van der Waals surface area contributed by atoms with Gasteiger partial charge in [-0.25, -0.2) is 9.97 Å². The molecule has 0 aliphatic carbocycles. The molecule has 0 saturated carbocycles. The van der Waals surface area contributed by atoms with Gasteiger partial charge in [-0.1, -0.05) is 11.6 Å². The van der Waals surface area contributed by atoms with Gasteiger partial charge in [0.15, 0.2) is 35.3 Å². The van der Waals surface area contributed by atoms with Gasteiger partial charge in [-0.15, -0.1) is 10.2 Å². The number of nitrogens with zero attached hydrogens (tertiary/aromatic N) is 8. The van der Waals surface area contributed by atoms with E-state index in [1.807, 2.05) is 13.8 Å². The summed E-state index contributed by atoms with van der Waals surface area (Å²) in [4.78, 5) is 37.4. The van der Waals surface area contributed by atoms with E-state index in [1.165, 1.54) is 29.5 Å². The minimum Gasteiger partial charge on any atom is -0.455 e. The molecule has 1 saturated heterocycles. The van der Waals surface area contributed by atoms with Gasteiger partial charge in [-0.3, -0.25) is 14.2 Å². The van der Waals surface area contributed by atoms with Crippen LogP contribution in [0.15, 0.2) is 6.33 Å². The van der Waals surface area contributed by atoms with E-state index >= 15 is 0 Å². The number of hydrogen-bond donors (Lipinski definition) is 0. The number of carbonyl (C=O) groups excluding carboxylic acids is 2. The molecule has 0 bridgehead atoms. The number of halogens is 2. The van der Waals surface area contributed by atoms with Gasteiger partial charge in [0.1, 0.15) is 5.52 Å². The third kappa shape index (κ3) is 4.10. The number of tetrazole rings is 1. The van der Waals surface area contributed by atoms with Crippen LogP contribution in [0.25, 0.3) is 11.2 Å². The first kappa shape index (κ1) is 22.3. The van der Waals surface area contributed by atoms with Crippen LogP contribution in [0.5, 0.6) is 0 Å². The van der Waals surface area contributed by atoms with E-state index in [1.54, 1.807) is 0 Å². The quantitative estimate of drug-likeness (QED) is 0.296. The van der Waals surface area contributed by atoms with Crippen LogP contribution in [-0.2, 0) is 23.8 Å². The number of esters is 2. The average molecular weight is 485 g/mol. The lowest BCUT2D eigenvalue weighted by atomic mass is 10.1. The minimum absolute atomic E-state index is 0.0374. The molecule has 0 radical (unpaired) electrons. The second kappa shape index (κ2) is 8.56. The van der Waals surface area contributed by atoms with Crippen LogP contribution in [0, 0.1) is 0 Å². The van der Waals surface area contributed by atoms with Crippen LogP contribution in [0.4, 0.5) is 0 Å². The summed E-state index contributed by atoms with van der Waals surface area (Å²) >= 11 is 12.1. The first-order valence-corrected chi connectivity index (χ1v) is 10.3. The molecular formula is C17H18Cl2N8O5. The maximum Gasteiger partial charge on any atom is 0.303 e. The van der Waals surface area contributed by atoms with Crippen molar-refractivity contribution in [3.63, 3.8) is 0 Å². The number of carbonyl (C=O) groups is 2. The van der Waals surface area contributed by atoms with Crippen molar-refractivity contribution in [1.82, 2.24) is 39.7 Å². The zero-order chi connectivity index (χ0) is 23.2. The summed E-state index contributed by atoms with van der Waals surface area (Å²) in [5.74, 6) is -1.07. The molecule has 0 aromatic carbocycles. The Bertz CT molecular complexity index is 1180. The molecule has 4 atom stereocenters. The lowest BCUT2D eigenvalue weighted by Gasteiger charge is -2.23. The van der Waals surface area contributed by atoms with Crippen LogP contribution in [0.3, 0.4) is 0 Å². The van der Waals surface area contributed by atoms with E-state index in [0.717, 1.165) is 0 Å². The third-order valence-electron chi connectivity index (χ3n) is 4.58. The molecule has 3 aromatic heterocycles. The molecule has 3 aromatic rings. The van der Waals surface area contributed by atoms with Crippen molar-refractivity contribution >= 4 is 46.3 Å². The standard InChI is InChI=1S/C17H18Cl2N8O5/c1-6(2)27-24-14(23-25-27)11-10(30-7(3)28)12(31-8(4)29)16(32-11)26-5-20-9-13(18)21-17(19)22-15(9)26/h5-6,10-12,16H,1-4H3. The number of hydrogen-bond acceptors (Lipinski definition) is 11. The predicted molar refractivity (Wildman–Crippen MR) is 108 cm³/mol. The fourth-order valence-corrected chi connectivity index (χ4v) is 3.74. The Hall–Kier alpha value is -2.90. The van der Waals surface area contributed by atoms with Gasteiger partial charge in [0.05, 0.1) is 12.4 Å². The summed E-state index contributed by atoms with van der Waals surface area (Å²) in [5.41, 5.74) is 0.496. The first-order valence-electron chi connectivity index (χ1n) is 9.50. The van der Waals surface area contributed by atoms with Crippen LogP contribution in [0.1, 0.15) is 51.9 Å². The van der Waals surface area contributed by atoms with Gasteiger partial charge in [0.2, 0.25) is 11.1 Å². The highest BCUT2D eigenvalue weighted by Gasteiger charge is 2.53. The van der Waals surface area contributed by atoms with Crippen LogP contribution < -0.4 is 0 Å². The number of fused-ring (bicyclic) bond motifs is 1. The normalized spacial score (nSPS) is 23.1. The molecule has 0 N–H and O–H groups in total. The Morgan fingerprint density at radius 1 is 1.12 bits per heavy atom. The highest BCUT2D eigenvalue weighted by Crippen LogP contribution is 2.42. The van der Waals surface area contributed by atoms with Crippen LogP contribution in [0.2, 0.25) is 10.4 Å². The van der Waals surface area contributed by atoms with Crippen molar-refractivity contribution in [2.45, 2.75) is 58.3 Å². The molecule has 0 amide bonds. The average Bonchev–Trinajstić information content (AvgIpc) is 3.39. The van der Waals surface area contributed by atoms with E-state index in [-0.39, 0.29) is 33.5 Å². The summed E-state index contributed by atoms with van der Waals surface area (Å²) in [6.45, 7) is 6.21. The number of ether oxygens (including phenoxy) is 3. The fourth-order valence-electron chi connectivity index (χ4n) is 3.32. The second-order valence-corrected chi connectivity index (χ2v) is 7.96. The summed E-state index contributed by atoms with van der Waals surface area (Å²) in [6, 6.07) is -0.0662. The summed E-state index contributed by atoms with van der Waals surface area (Å²) in [5, 5.41) is 12.3. The zero-order valence-corrected chi connectivity index (χ0v) is 18.9. The van der Waals surface area contributed by atoms with Crippen LogP contribution >= 0.6 is 23.2 Å². The van der Waals surface area contributed by atoms with E-state index in [2.05, 4.69) is 30.4 Å². The van der Waals surface area contributed by atoms with Crippen molar-refractivity contribution in [3.05, 3.63) is 22.6 Å². The number of aromatic nitrogens is 8. The van der Waals surface area contributed by atoms with Gasteiger partial charge in [0, 0.05) is 13.8 Å². The van der Waals surface area contributed by atoms with Gasteiger partial charge in [-0.05, 0) is 30.7 Å². The minimum atomic E-state index is -1.09. The number of rotatable bonds is 5. The molecule has 0 spiro atoms. The molecular weight excluding hydrogens is 467 g/mol. The Morgan fingerprint density at radius 2 is 1.81 bits per heavy atom. The number of imidazole rings is 1. The van der Waals surface area contributed by atoms with Crippen molar-refractivity contribution < 1.29 is 23.8 Å². The maximum atomic E-state index is 11.9. The van der Waals surface area contributed by atoms with Gasteiger partial charge >= 0.3 is 11.9 Å². The lowest BCUT2D eigenvalue weighted by Crippen LogP contribution is -2.37. The molecule has 1 aliphatic rings. The Labute approximate surface area is 191 Å². The van der Waals surface area contributed by atoms with Crippen molar-refractivity contribution in [1.29, 1.82) is 0 Å². The van der Waals surface area contributed by atoms with Gasteiger partial charge in [0.25, 0.3) is 0 Å². The highest BCUT2D eigenvalue weighted by atomic mass is 35.5. The molecule has 32 heavy (non-hydrogen) atoms. The summed E-state index contributed by atoms with van der Waals surface area (Å²) in [7, 11) is 0. The molecule has 4 heterocycles. The van der Waals surface area contributed by atoms with Crippen molar-refractivity contribution in [2.24, 2.45) is 0 Å². The third-order valence-corrected chi connectivity index (χ3v) is 5.01. The lowest BCUT2D eigenvalue weighted by molar-refractivity contribution is -0.165. The van der Waals surface area contributed by atoms with E-state index in [0.29, 0.717) is 0 Å². The molecule has 15 heteroatoms. The van der Waals surface area contributed by atoms with Gasteiger partial charge < -0.3 is 14.2 Å². The van der Waals surface area contributed by atoms with Crippen molar-refractivity contribution in [2.75, 3.05) is 0 Å². The van der Waals surface area contributed by atoms with E-state index in [9.17, 15) is 9.59 Å². The second-order valence-electron chi connectivity index (χ2n) is 7.26. The van der Waals surface area contributed by atoms with Crippen molar-refractivity contribution in [3.8, 4) is 0 Å². The maximum absolute atomic E-state index is 11.9. The van der Waals surface area contributed by atoms with E-state index < -0.39 is 36.5 Å². The zero-order valence-electron chi connectivity index (χ0n) is 17.3. The molecule has 13 nitrogen and oxygen atoms in total. The molecule has 1 aliphatic heterocycles. The predicted octanol–water partition coefficient (Wildman–Crippen LogP) is 1.83.